The summed E-state index contributed by atoms with van der Waals surface area (Å²) in [4.78, 5) is 11.7. The minimum Gasteiger partial charge on any atom is -0.444 e. The highest BCUT2D eigenvalue weighted by Gasteiger charge is 2.24. The molecule has 0 rings (SSSR count). The van der Waals surface area contributed by atoms with Crippen molar-refractivity contribution in [2.75, 3.05) is 19.3 Å². The van der Waals surface area contributed by atoms with E-state index < -0.39 is 27.8 Å². The van der Waals surface area contributed by atoms with Crippen LogP contribution in [-0.4, -0.2) is 49.8 Å². The molecule has 1 amide bonds. The molecule has 0 aliphatic rings. The highest BCUT2D eigenvalue weighted by molar-refractivity contribution is 7.89. The first-order valence-electron chi connectivity index (χ1n) is 6.48. The van der Waals surface area contributed by atoms with E-state index in [0.717, 1.165) is 0 Å². The van der Waals surface area contributed by atoms with E-state index in [0.29, 0.717) is 5.57 Å². The van der Waals surface area contributed by atoms with Gasteiger partial charge in [0.15, 0.2) is 0 Å². The van der Waals surface area contributed by atoms with Crippen molar-refractivity contribution in [2.45, 2.75) is 46.3 Å². The highest BCUT2D eigenvalue weighted by atomic mass is 32.2. The molecular weight excluding hydrogens is 280 g/mol. The summed E-state index contributed by atoms with van der Waals surface area (Å²) in [7, 11) is -1.82. The molecule has 1 atom stereocenters. The topological polar surface area (TPSA) is 75.7 Å². The van der Waals surface area contributed by atoms with Crippen molar-refractivity contribution in [3.8, 4) is 0 Å². The normalized spacial score (nSPS) is 13.9. The summed E-state index contributed by atoms with van der Waals surface area (Å²) in [6.07, 6.45) is -0.590. The molecule has 20 heavy (non-hydrogen) atoms. The Morgan fingerprint density at radius 1 is 1.40 bits per heavy atom. The molecule has 0 aromatic rings. The van der Waals surface area contributed by atoms with Gasteiger partial charge in [-0.3, -0.25) is 0 Å². The van der Waals surface area contributed by atoms with E-state index in [2.05, 4.69) is 11.9 Å². The van der Waals surface area contributed by atoms with E-state index in [-0.39, 0.29) is 12.3 Å². The molecule has 0 fully saturated rings. The van der Waals surface area contributed by atoms with Crippen molar-refractivity contribution < 1.29 is 17.9 Å². The SMILES string of the molecule is C=C(C)[C@@H](CN(C)S(=O)(=O)CC)NC(=O)OC(C)(C)C. The largest absolute Gasteiger partial charge is 0.444 e. The molecule has 0 saturated heterocycles. The number of carbonyl (C=O) groups is 1. The Morgan fingerprint density at radius 3 is 2.25 bits per heavy atom. The smallest absolute Gasteiger partial charge is 0.408 e. The molecule has 0 saturated carbocycles. The van der Waals surface area contributed by atoms with Gasteiger partial charge >= 0.3 is 6.09 Å². The van der Waals surface area contributed by atoms with Crippen LogP contribution < -0.4 is 5.32 Å². The van der Waals surface area contributed by atoms with Crippen molar-refractivity contribution in [1.82, 2.24) is 9.62 Å². The van der Waals surface area contributed by atoms with E-state index in [1.165, 1.54) is 11.4 Å². The van der Waals surface area contributed by atoms with Crippen molar-refractivity contribution in [1.29, 1.82) is 0 Å². The summed E-state index contributed by atoms with van der Waals surface area (Å²) in [5.74, 6) is 0.0127. The Hall–Kier alpha value is -1.08. The third-order valence-corrected chi connectivity index (χ3v) is 4.39. The number of hydrogen-bond acceptors (Lipinski definition) is 4. The number of sulfonamides is 1. The Balaban J connectivity index is 4.77. The van der Waals surface area contributed by atoms with Gasteiger partial charge in [0.05, 0.1) is 11.8 Å². The van der Waals surface area contributed by atoms with Crippen molar-refractivity contribution >= 4 is 16.1 Å². The molecule has 0 bridgehead atoms. The second kappa shape index (κ2) is 7.08. The predicted octanol–water partition coefficient (Wildman–Crippen LogP) is 1.74. The van der Waals surface area contributed by atoms with Crippen LogP contribution in [0.3, 0.4) is 0 Å². The first kappa shape index (κ1) is 18.9. The van der Waals surface area contributed by atoms with E-state index >= 15 is 0 Å². The summed E-state index contributed by atoms with van der Waals surface area (Å²) in [5.41, 5.74) is 0.0551. The standard InChI is InChI=1S/C13H26N2O4S/c1-8-20(17,18)15(7)9-11(10(2)3)14-12(16)19-13(4,5)6/h11H,2,8-9H2,1,3-7H3,(H,14,16)/t11-/m1/s1. The number of nitrogens with one attached hydrogen (secondary N) is 1. The summed E-state index contributed by atoms with van der Waals surface area (Å²) in [6.45, 7) is 12.5. The molecule has 118 valence electrons. The van der Waals surface area contributed by atoms with Crippen LogP contribution in [0, 0.1) is 0 Å². The first-order valence-corrected chi connectivity index (χ1v) is 8.09. The zero-order valence-corrected chi connectivity index (χ0v) is 14.0. The fourth-order valence-electron chi connectivity index (χ4n) is 1.37. The molecule has 0 radical (unpaired) electrons. The number of nitrogens with zero attached hydrogens (tertiary/aromatic N) is 1. The van der Waals surface area contributed by atoms with Crippen LogP contribution in [0.2, 0.25) is 0 Å². The lowest BCUT2D eigenvalue weighted by molar-refractivity contribution is 0.0508. The minimum atomic E-state index is -3.30. The summed E-state index contributed by atoms with van der Waals surface area (Å²) in [6, 6.07) is -0.490. The second-order valence-corrected chi connectivity index (χ2v) is 8.09. The van der Waals surface area contributed by atoms with Gasteiger partial charge in [0.1, 0.15) is 5.60 Å². The number of rotatable bonds is 6. The Kier molecular flexibility index (Phi) is 6.70. The quantitative estimate of drug-likeness (QED) is 0.758. The van der Waals surface area contributed by atoms with E-state index in [1.54, 1.807) is 34.6 Å². The fourth-order valence-corrected chi connectivity index (χ4v) is 2.18. The third-order valence-electron chi connectivity index (χ3n) is 2.57. The lowest BCUT2D eigenvalue weighted by Gasteiger charge is -2.26. The average molecular weight is 306 g/mol. The first-order chi connectivity index (χ1) is 8.89. The zero-order chi connectivity index (χ0) is 16.1. The Labute approximate surface area is 122 Å². The number of alkyl carbamates (subject to hydrolysis) is 1. The summed E-state index contributed by atoms with van der Waals surface area (Å²) >= 11 is 0. The lowest BCUT2D eigenvalue weighted by atomic mass is 10.1. The predicted molar refractivity (Wildman–Crippen MR) is 80.1 cm³/mol. The molecule has 7 heteroatoms. The molecule has 0 aliphatic heterocycles. The lowest BCUT2D eigenvalue weighted by Crippen LogP contribution is -2.46. The number of carbonyl (C=O) groups excluding carboxylic acids is 1. The van der Waals surface area contributed by atoms with Gasteiger partial charge in [-0.25, -0.2) is 17.5 Å². The molecule has 1 N–H and O–H groups in total. The minimum absolute atomic E-state index is 0.0127. The molecule has 0 aliphatic carbocycles. The maximum atomic E-state index is 11.7. The van der Waals surface area contributed by atoms with Crippen molar-refractivity contribution in [3.63, 3.8) is 0 Å². The summed E-state index contributed by atoms with van der Waals surface area (Å²) in [5, 5.41) is 2.63. The van der Waals surface area contributed by atoms with E-state index in [9.17, 15) is 13.2 Å². The number of likely N-dealkylation sites (N-methyl/N-ethyl adjacent to an activating group) is 1. The molecule has 0 unspecified atom stereocenters. The van der Waals surface area contributed by atoms with Crippen LogP contribution >= 0.6 is 0 Å². The van der Waals surface area contributed by atoms with Gasteiger partial charge in [0.25, 0.3) is 0 Å². The maximum Gasteiger partial charge on any atom is 0.408 e. The monoisotopic (exact) mass is 306 g/mol. The van der Waals surface area contributed by atoms with Gasteiger partial charge in [-0.2, -0.15) is 0 Å². The van der Waals surface area contributed by atoms with Crippen LogP contribution in [0.5, 0.6) is 0 Å². The van der Waals surface area contributed by atoms with Gasteiger partial charge in [-0.1, -0.05) is 12.2 Å². The molecule has 0 aromatic heterocycles. The van der Waals surface area contributed by atoms with Gasteiger partial charge in [-0.05, 0) is 34.6 Å². The highest BCUT2D eigenvalue weighted by Crippen LogP contribution is 2.09. The Morgan fingerprint density at radius 2 is 1.90 bits per heavy atom. The molecule has 0 heterocycles. The van der Waals surface area contributed by atoms with Crippen molar-refractivity contribution in [2.24, 2.45) is 0 Å². The molecule has 0 spiro atoms. The second-order valence-electron chi connectivity index (χ2n) is 5.73. The van der Waals surface area contributed by atoms with Crippen LogP contribution in [0.4, 0.5) is 4.79 Å². The van der Waals surface area contributed by atoms with Gasteiger partial charge < -0.3 is 10.1 Å². The van der Waals surface area contributed by atoms with Gasteiger partial charge in [0.2, 0.25) is 10.0 Å². The average Bonchev–Trinajstić information content (AvgIpc) is 2.25. The summed E-state index contributed by atoms with van der Waals surface area (Å²) < 4.78 is 29.8. The zero-order valence-electron chi connectivity index (χ0n) is 13.2. The van der Waals surface area contributed by atoms with E-state index in [4.69, 9.17) is 4.74 Å². The van der Waals surface area contributed by atoms with Gasteiger partial charge in [0, 0.05) is 13.6 Å². The Bertz CT molecular complexity index is 451. The molecular formula is C13H26N2O4S. The maximum absolute atomic E-state index is 11.7. The van der Waals surface area contributed by atoms with E-state index in [1.807, 2.05) is 0 Å². The molecule has 6 nitrogen and oxygen atoms in total. The molecule has 0 aromatic carbocycles. The van der Waals surface area contributed by atoms with Crippen LogP contribution in [0.25, 0.3) is 0 Å². The van der Waals surface area contributed by atoms with Crippen LogP contribution in [-0.2, 0) is 14.8 Å². The van der Waals surface area contributed by atoms with Crippen molar-refractivity contribution in [3.05, 3.63) is 12.2 Å². The van der Waals surface area contributed by atoms with Crippen LogP contribution in [0.15, 0.2) is 12.2 Å². The van der Waals surface area contributed by atoms with Crippen LogP contribution in [0.1, 0.15) is 34.6 Å². The number of amides is 1. The number of hydrogen-bond donors (Lipinski definition) is 1. The third kappa shape index (κ3) is 6.91. The number of ether oxygens (including phenoxy) is 1. The fraction of sp³-hybridized carbons (Fsp3) is 0.769. The van der Waals surface area contributed by atoms with Gasteiger partial charge in [-0.15, -0.1) is 0 Å².